The third-order valence-corrected chi connectivity index (χ3v) is 5.08. The number of thiophene rings is 1. The lowest BCUT2D eigenvalue weighted by Crippen LogP contribution is -2.36. The number of amides is 1. The average Bonchev–Trinajstić information content (AvgIpc) is 3.06. The highest BCUT2D eigenvalue weighted by Gasteiger charge is 2.43. The number of carbonyl (C=O) groups is 2. The molecule has 2 rings (SSSR count). The summed E-state index contributed by atoms with van der Waals surface area (Å²) in [6.07, 6.45) is 2.29. The van der Waals surface area contributed by atoms with Crippen LogP contribution in [0, 0.1) is 17.8 Å². The molecule has 0 bridgehead atoms. The third kappa shape index (κ3) is 3.20. The van der Waals surface area contributed by atoms with Gasteiger partial charge < -0.3 is 10.0 Å². The minimum absolute atomic E-state index is 0.0262. The lowest BCUT2D eigenvalue weighted by Gasteiger charge is -2.23. The second-order valence-electron chi connectivity index (χ2n) is 5.57. The van der Waals surface area contributed by atoms with E-state index in [1.807, 2.05) is 17.5 Å². The maximum atomic E-state index is 12.5. The summed E-state index contributed by atoms with van der Waals surface area (Å²) in [6.45, 7) is 2.63. The van der Waals surface area contributed by atoms with Crippen LogP contribution in [0.15, 0.2) is 17.5 Å². The van der Waals surface area contributed by atoms with E-state index in [1.54, 1.807) is 23.3 Å². The summed E-state index contributed by atoms with van der Waals surface area (Å²) in [5.74, 6) is -1.37. The van der Waals surface area contributed by atoms with Gasteiger partial charge in [-0.05, 0) is 30.2 Å². The maximum Gasteiger partial charge on any atom is 0.307 e. The highest BCUT2D eigenvalue weighted by Crippen LogP contribution is 2.39. The van der Waals surface area contributed by atoms with Crippen molar-refractivity contribution in [2.45, 2.75) is 32.7 Å². The molecule has 0 aromatic carbocycles. The summed E-state index contributed by atoms with van der Waals surface area (Å²) < 4.78 is 0. The molecule has 0 aliphatic heterocycles. The van der Waals surface area contributed by atoms with Crippen LogP contribution in [0.5, 0.6) is 0 Å². The van der Waals surface area contributed by atoms with Gasteiger partial charge in [-0.1, -0.05) is 19.4 Å². The molecular weight excluding hydrogens is 274 g/mol. The second-order valence-corrected chi connectivity index (χ2v) is 6.60. The number of nitrogens with zero attached hydrogens (tertiary/aromatic N) is 1. The molecule has 0 spiro atoms. The molecule has 3 atom stereocenters. The second kappa shape index (κ2) is 6.39. The SMILES string of the molecule is CCC1CC(C(=O)O)C(C(=O)N(C)Cc2cccs2)C1. The number of carboxylic acids is 1. The zero-order chi connectivity index (χ0) is 14.7. The summed E-state index contributed by atoms with van der Waals surface area (Å²) in [6, 6.07) is 3.95. The number of rotatable bonds is 5. The van der Waals surface area contributed by atoms with Gasteiger partial charge in [-0.25, -0.2) is 0 Å². The van der Waals surface area contributed by atoms with Crippen LogP contribution in [0.1, 0.15) is 31.1 Å². The molecule has 3 unspecified atom stereocenters. The van der Waals surface area contributed by atoms with Gasteiger partial charge in [0.2, 0.25) is 5.91 Å². The molecule has 5 heteroatoms. The van der Waals surface area contributed by atoms with E-state index >= 15 is 0 Å². The van der Waals surface area contributed by atoms with E-state index < -0.39 is 11.9 Å². The zero-order valence-electron chi connectivity index (χ0n) is 11.9. The first-order valence-corrected chi connectivity index (χ1v) is 7.91. The van der Waals surface area contributed by atoms with Crippen molar-refractivity contribution in [3.63, 3.8) is 0 Å². The van der Waals surface area contributed by atoms with Gasteiger partial charge in [0, 0.05) is 11.9 Å². The fourth-order valence-corrected chi connectivity index (χ4v) is 3.78. The molecule has 1 aliphatic rings. The van der Waals surface area contributed by atoms with Crippen molar-refractivity contribution in [1.82, 2.24) is 4.90 Å². The van der Waals surface area contributed by atoms with Crippen LogP contribution in [-0.2, 0) is 16.1 Å². The Morgan fingerprint density at radius 2 is 2.10 bits per heavy atom. The van der Waals surface area contributed by atoms with Crippen molar-refractivity contribution in [2.24, 2.45) is 17.8 Å². The molecule has 1 saturated carbocycles. The van der Waals surface area contributed by atoms with Crippen molar-refractivity contribution in [1.29, 1.82) is 0 Å². The highest BCUT2D eigenvalue weighted by molar-refractivity contribution is 7.09. The minimum atomic E-state index is -0.830. The fourth-order valence-electron chi connectivity index (χ4n) is 3.02. The molecule has 1 fully saturated rings. The van der Waals surface area contributed by atoms with E-state index in [-0.39, 0.29) is 11.8 Å². The number of hydrogen-bond acceptors (Lipinski definition) is 3. The highest BCUT2D eigenvalue weighted by atomic mass is 32.1. The topological polar surface area (TPSA) is 57.6 Å². The first kappa shape index (κ1) is 15.0. The number of carbonyl (C=O) groups excluding carboxylic acids is 1. The smallest absolute Gasteiger partial charge is 0.307 e. The van der Waals surface area contributed by atoms with Crippen LogP contribution < -0.4 is 0 Å². The third-order valence-electron chi connectivity index (χ3n) is 4.22. The first-order chi connectivity index (χ1) is 9.52. The lowest BCUT2D eigenvalue weighted by atomic mass is 9.95. The summed E-state index contributed by atoms with van der Waals surface area (Å²) in [5.41, 5.74) is 0. The van der Waals surface area contributed by atoms with Gasteiger partial charge in [0.15, 0.2) is 0 Å². The van der Waals surface area contributed by atoms with E-state index in [1.165, 1.54) is 0 Å². The summed E-state index contributed by atoms with van der Waals surface area (Å²) in [5, 5.41) is 11.3. The molecule has 1 heterocycles. The summed E-state index contributed by atoms with van der Waals surface area (Å²) >= 11 is 1.61. The first-order valence-electron chi connectivity index (χ1n) is 7.03. The lowest BCUT2D eigenvalue weighted by molar-refractivity contribution is -0.148. The molecule has 20 heavy (non-hydrogen) atoms. The Bertz CT molecular complexity index is 471. The van der Waals surface area contributed by atoms with Gasteiger partial charge in [0.25, 0.3) is 0 Å². The Morgan fingerprint density at radius 3 is 2.65 bits per heavy atom. The monoisotopic (exact) mass is 295 g/mol. The molecule has 110 valence electrons. The fraction of sp³-hybridized carbons (Fsp3) is 0.600. The molecule has 4 nitrogen and oxygen atoms in total. The minimum Gasteiger partial charge on any atom is -0.481 e. The zero-order valence-corrected chi connectivity index (χ0v) is 12.7. The van der Waals surface area contributed by atoms with Gasteiger partial charge >= 0.3 is 5.97 Å². The number of carboxylic acid groups (broad SMARTS) is 1. The van der Waals surface area contributed by atoms with Crippen molar-refractivity contribution in [3.05, 3.63) is 22.4 Å². The Balaban J connectivity index is 2.04. The Labute approximate surface area is 123 Å². The molecule has 0 saturated heterocycles. The predicted molar refractivity (Wildman–Crippen MR) is 78.4 cm³/mol. The van der Waals surface area contributed by atoms with Crippen LogP contribution in [-0.4, -0.2) is 28.9 Å². The van der Waals surface area contributed by atoms with Gasteiger partial charge in [0.05, 0.1) is 18.4 Å². The van der Waals surface area contributed by atoms with E-state index in [9.17, 15) is 14.7 Å². The van der Waals surface area contributed by atoms with Crippen LogP contribution in [0.2, 0.25) is 0 Å². The van der Waals surface area contributed by atoms with E-state index in [0.717, 1.165) is 11.3 Å². The summed E-state index contributed by atoms with van der Waals surface area (Å²) in [4.78, 5) is 26.7. The molecule has 1 aliphatic carbocycles. The Hall–Kier alpha value is -1.36. The average molecular weight is 295 g/mol. The molecule has 1 amide bonds. The predicted octanol–water partition coefficient (Wildman–Crippen LogP) is 2.84. The van der Waals surface area contributed by atoms with E-state index in [4.69, 9.17) is 0 Å². The van der Waals surface area contributed by atoms with Crippen LogP contribution in [0.4, 0.5) is 0 Å². The van der Waals surface area contributed by atoms with Crippen LogP contribution in [0.3, 0.4) is 0 Å². The molecular formula is C15H21NO3S. The van der Waals surface area contributed by atoms with Gasteiger partial charge in [-0.2, -0.15) is 0 Å². The quantitative estimate of drug-likeness (QED) is 0.908. The Morgan fingerprint density at radius 1 is 1.40 bits per heavy atom. The van der Waals surface area contributed by atoms with E-state index in [2.05, 4.69) is 6.92 Å². The van der Waals surface area contributed by atoms with Crippen LogP contribution in [0.25, 0.3) is 0 Å². The van der Waals surface area contributed by atoms with Gasteiger partial charge in [-0.15, -0.1) is 11.3 Å². The maximum absolute atomic E-state index is 12.5. The molecule has 1 N–H and O–H groups in total. The van der Waals surface area contributed by atoms with Crippen LogP contribution >= 0.6 is 11.3 Å². The standard InChI is InChI=1S/C15H21NO3S/c1-3-10-7-12(13(8-10)15(18)19)14(17)16(2)9-11-5-4-6-20-11/h4-6,10,12-13H,3,7-9H2,1-2H3,(H,18,19). The molecule has 0 radical (unpaired) electrons. The van der Waals surface area contributed by atoms with E-state index in [0.29, 0.717) is 25.3 Å². The van der Waals surface area contributed by atoms with Crippen molar-refractivity contribution in [2.75, 3.05) is 7.05 Å². The van der Waals surface area contributed by atoms with Crippen molar-refractivity contribution >= 4 is 23.2 Å². The van der Waals surface area contributed by atoms with Crippen molar-refractivity contribution < 1.29 is 14.7 Å². The molecule has 1 aromatic rings. The summed E-state index contributed by atoms with van der Waals surface area (Å²) in [7, 11) is 1.76. The largest absolute Gasteiger partial charge is 0.481 e. The number of aliphatic carboxylic acids is 1. The molecule has 1 aromatic heterocycles. The number of hydrogen-bond donors (Lipinski definition) is 1. The van der Waals surface area contributed by atoms with Gasteiger partial charge in [-0.3, -0.25) is 9.59 Å². The van der Waals surface area contributed by atoms with Gasteiger partial charge in [0.1, 0.15) is 0 Å². The van der Waals surface area contributed by atoms with Crippen molar-refractivity contribution in [3.8, 4) is 0 Å². The Kier molecular flexibility index (Phi) is 4.81. The normalized spacial score (nSPS) is 25.6.